The third-order valence-electron chi connectivity index (χ3n) is 5.02. The van der Waals surface area contributed by atoms with Gasteiger partial charge >= 0.3 is 0 Å². The molecule has 2 unspecified atom stereocenters. The van der Waals surface area contributed by atoms with Crippen molar-refractivity contribution in [3.8, 4) is 11.5 Å². The first-order chi connectivity index (χ1) is 13.1. The van der Waals surface area contributed by atoms with Crippen LogP contribution in [0.5, 0.6) is 11.5 Å². The minimum atomic E-state index is -0.0346. The summed E-state index contributed by atoms with van der Waals surface area (Å²) in [4.78, 5) is 12.5. The first-order valence-corrected chi connectivity index (χ1v) is 9.46. The van der Waals surface area contributed by atoms with E-state index in [4.69, 9.17) is 25.8 Å². The van der Waals surface area contributed by atoms with Crippen molar-refractivity contribution in [3.05, 3.63) is 53.1 Å². The molecule has 1 N–H and O–H groups in total. The molecular formula is C21H22ClNO4. The average Bonchev–Trinajstić information content (AvgIpc) is 3.41. The van der Waals surface area contributed by atoms with Crippen molar-refractivity contribution in [2.75, 3.05) is 32.2 Å². The van der Waals surface area contributed by atoms with Gasteiger partial charge in [-0.2, -0.15) is 0 Å². The van der Waals surface area contributed by atoms with Crippen LogP contribution in [-0.4, -0.2) is 32.8 Å². The van der Waals surface area contributed by atoms with E-state index >= 15 is 0 Å². The van der Waals surface area contributed by atoms with Crippen molar-refractivity contribution in [2.24, 2.45) is 11.8 Å². The average molecular weight is 388 g/mol. The van der Waals surface area contributed by atoms with Crippen LogP contribution in [0.15, 0.2) is 42.5 Å². The molecule has 2 fully saturated rings. The summed E-state index contributed by atoms with van der Waals surface area (Å²) in [6, 6.07) is 13.1. The SMILES string of the molecule is COc1cc(C2CC2C(=O)Nc2cccc(Cl)c2)ccc1OCC1COC1. The number of ether oxygens (including phenoxy) is 3. The lowest BCUT2D eigenvalue weighted by Gasteiger charge is -2.26. The largest absolute Gasteiger partial charge is 0.493 e. The van der Waals surface area contributed by atoms with Gasteiger partial charge in [-0.05, 0) is 48.2 Å². The highest BCUT2D eigenvalue weighted by molar-refractivity contribution is 6.30. The van der Waals surface area contributed by atoms with Gasteiger partial charge in [0.15, 0.2) is 11.5 Å². The summed E-state index contributed by atoms with van der Waals surface area (Å²) in [5, 5.41) is 3.54. The second-order valence-corrected chi connectivity index (χ2v) is 7.51. The summed E-state index contributed by atoms with van der Waals surface area (Å²) in [6.07, 6.45) is 0.829. The first-order valence-electron chi connectivity index (χ1n) is 9.09. The van der Waals surface area contributed by atoms with Crippen molar-refractivity contribution in [3.63, 3.8) is 0 Å². The highest BCUT2D eigenvalue weighted by Crippen LogP contribution is 2.49. The molecule has 1 aliphatic carbocycles. The number of hydrogen-bond donors (Lipinski definition) is 1. The molecule has 2 aromatic carbocycles. The van der Waals surface area contributed by atoms with Gasteiger partial charge in [-0.25, -0.2) is 0 Å². The van der Waals surface area contributed by atoms with E-state index in [1.807, 2.05) is 30.3 Å². The number of nitrogens with one attached hydrogen (secondary N) is 1. The molecule has 1 heterocycles. The topological polar surface area (TPSA) is 56.8 Å². The number of amides is 1. The fourth-order valence-corrected chi connectivity index (χ4v) is 3.47. The van der Waals surface area contributed by atoms with Crippen molar-refractivity contribution in [1.29, 1.82) is 0 Å². The quantitative estimate of drug-likeness (QED) is 0.776. The van der Waals surface area contributed by atoms with Crippen LogP contribution in [0.4, 0.5) is 5.69 Å². The maximum absolute atomic E-state index is 12.5. The predicted octanol–water partition coefficient (Wildman–Crippen LogP) is 4.12. The molecule has 2 atom stereocenters. The molecule has 0 aromatic heterocycles. The molecule has 1 amide bonds. The third-order valence-corrected chi connectivity index (χ3v) is 5.25. The normalized spacial score (nSPS) is 21.3. The van der Waals surface area contributed by atoms with Crippen molar-refractivity contribution in [2.45, 2.75) is 12.3 Å². The Kier molecular flexibility index (Phi) is 5.23. The van der Waals surface area contributed by atoms with Crippen molar-refractivity contribution < 1.29 is 19.0 Å². The van der Waals surface area contributed by atoms with Gasteiger partial charge in [0, 0.05) is 22.5 Å². The summed E-state index contributed by atoms with van der Waals surface area (Å²) in [7, 11) is 1.63. The van der Waals surface area contributed by atoms with Crippen LogP contribution in [0.3, 0.4) is 0 Å². The molecular weight excluding hydrogens is 366 g/mol. The van der Waals surface area contributed by atoms with E-state index in [1.165, 1.54) is 0 Å². The monoisotopic (exact) mass is 387 g/mol. The smallest absolute Gasteiger partial charge is 0.228 e. The van der Waals surface area contributed by atoms with Crippen LogP contribution in [0.25, 0.3) is 0 Å². The minimum Gasteiger partial charge on any atom is -0.493 e. The summed E-state index contributed by atoms with van der Waals surface area (Å²) in [5.41, 5.74) is 1.82. The lowest BCUT2D eigenvalue weighted by atomic mass is 10.1. The molecule has 6 heteroatoms. The maximum Gasteiger partial charge on any atom is 0.228 e. The van der Waals surface area contributed by atoms with Gasteiger partial charge in [0.25, 0.3) is 0 Å². The number of carbonyl (C=O) groups is 1. The van der Waals surface area contributed by atoms with E-state index in [0.717, 1.165) is 36.6 Å². The molecule has 0 bridgehead atoms. The number of benzene rings is 2. The Morgan fingerprint density at radius 3 is 2.78 bits per heavy atom. The van der Waals surface area contributed by atoms with Crippen LogP contribution < -0.4 is 14.8 Å². The van der Waals surface area contributed by atoms with Crippen LogP contribution in [0.1, 0.15) is 17.9 Å². The predicted molar refractivity (Wildman–Crippen MR) is 104 cm³/mol. The molecule has 0 spiro atoms. The zero-order valence-corrected chi connectivity index (χ0v) is 15.9. The zero-order valence-electron chi connectivity index (χ0n) is 15.1. The van der Waals surface area contributed by atoms with E-state index in [1.54, 1.807) is 19.2 Å². The van der Waals surface area contributed by atoms with Crippen LogP contribution in [0, 0.1) is 11.8 Å². The number of anilines is 1. The van der Waals surface area contributed by atoms with Gasteiger partial charge in [-0.3, -0.25) is 4.79 Å². The molecule has 1 saturated carbocycles. The molecule has 2 aromatic rings. The van der Waals surface area contributed by atoms with Gasteiger partial charge in [0.05, 0.1) is 26.9 Å². The standard InChI is InChI=1S/C21H22ClNO4/c1-25-20-7-14(5-6-19(20)27-12-13-10-26-11-13)17-9-18(17)21(24)23-16-4-2-3-15(22)8-16/h2-8,13,17-18H,9-12H2,1H3,(H,23,24). The second-order valence-electron chi connectivity index (χ2n) is 7.07. The van der Waals surface area contributed by atoms with Gasteiger partial charge in [0.2, 0.25) is 5.91 Å². The highest BCUT2D eigenvalue weighted by Gasteiger charge is 2.44. The Balaban J connectivity index is 1.38. The Bertz CT molecular complexity index is 837. The Hall–Kier alpha value is -2.24. The molecule has 1 aliphatic heterocycles. The van der Waals surface area contributed by atoms with E-state index in [-0.39, 0.29) is 17.7 Å². The Labute approximate surface area is 163 Å². The van der Waals surface area contributed by atoms with Gasteiger partial charge < -0.3 is 19.5 Å². The molecule has 142 valence electrons. The fraction of sp³-hybridized carbons (Fsp3) is 0.381. The summed E-state index contributed by atoms with van der Waals surface area (Å²) < 4.78 is 16.5. The lowest BCUT2D eigenvalue weighted by molar-refractivity contribution is -0.117. The maximum atomic E-state index is 12.5. The van der Waals surface area contributed by atoms with Gasteiger partial charge in [-0.1, -0.05) is 23.7 Å². The van der Waals surface area contributed by atoms with Crippen molar-refractivity contribution >= 4 is 23.2 Å². The third kappa shape index (κ3) is 4.20. The van der Waals surface area contributed by atoms with Crippen LogP contribution in [-0.2, 0) is 9.53 Å². The summed E-state index contributed by atoms with van der Waals surface area (Å²) in [6.45, 7) is 2.14. The number of rotatable bonds is 7. The molecule has 2 aliphatic rings. The zero-order chi connectivity index (χ0) is 18.8. The summed E-state index contributed by atoms with van der Waals surface area (Å²) in [5.74, 6) is 2.08. The van der Waals surface area contributed by atoms with E-state index in [9.17, 15) is 4.79 Å². The number of carbonyl (C=O) groups excluding carboxylic acids is 1. The first kappa shape index (κ1) is 18.1. The summed E-state index contributed by atoms with van der Waals surface area (Å²) >= 11 is 5.97. The fourth-order valence-electron chi connectivity index (χ4n) is 3.28. The Morgan fingerprint density at radius 1 is 1.22 bits per heavy atom. The molecule has 27 heavy (non-hydrogen) atoms. The lowest BCUT2D eigenvalue weighted by Crippen LogP contribution is -2.32. The number of halogens is 1. The van der Waals surface area contributed by atoms with E-state index in [0.29, 0.717) is 23.3 Å². The molecule has 1 saturated heterocycles. The van der Waals surface area contributed by atoms with Crippen molar-refractivity contribution in [1.82, 2.24) is 0 Å². The minimum absolute atomic E-state index is 0.0199. The van der Waals surface area contributed by atoms with Gasteiger partial charge in [-0.15, -0.1) is 0 Å². The Morgan fingerprint density at radius 2 is 2.07 bits per heavy atom. The van der Waals surface area contributed by atoms with Gasteiger partial charge in [0.1, 0.15) is 0 Å². The van der Waals surface area contributed by atoms with Crippen LogP contribution >= 0.6 is 11.6 Å². The number of methoxy groups -OCH3 is 1. The highest BCUT2D eigenvalue weighted by atomic mass is 35.5. The van der Waals surface area contributed by atoms with E-state index in [2.05, 4.69) is 5.32 Å². The van der Waals surface area contributed by atoms with Crippen LogP contribution in [0.2, 0.25) is 5.02 Å². The number of hydrogen-bond acceptors (Lipinski definition) is 4. The molecule has 5 nitrogen and oxygen atoms in total. The second kappa shape index (κ2) is 7.79. The molecule has 4 rings (SSSR count). The van der Waals surface area contributed by atoms with E-state index < -0.39 is 0 Å². The molecule has 0 radical (unpaired) electrons.